The summed E-state index contributed by atoms with van der Waals surface area (Å²) in [7, 11) is 6.29. The van der Waals surface area contributed by atoms with Gasteiger partial charge in [0.15, 0.2) is 23.0 Å². The quantitative estimate of drug-likeness (QED) is 0.849. The highest BCUT2D eigenvalue weighted by atomic mass is 16.5. The fourth-order valence-corrected chi connectivity index (χ4v) is 2.47. The van der Waals surface area contributed by atoms with Crippen LogP contribution in [0.1, 0.15) is 11.1 Å². The van der Waals surface area contributed by atoms with Crippen LogP contribution in [0.25, 0.3) is 0 Å². The molecule has 0 amide bonds. The molecule has 0 aliphatic heterocycles. The minimum absolute atomic E-state index is 0.0779. The molecule has 0 heterocycles. The Bertz CT molecular complexity index is 667. The second-order valence-electron chi connectivity index (χ2n) is 5.04. The zero-order valence-electron chi connectivity index (χ0n) is 13.9. The first-order valence-corrected chi connectivity index (χ1v) is 7.27. The Labute approximate surface area is 136 Å². The van der Waals surface area contributed by atoms with Crippen LogP contribution in [0.5, 0.6) is 28.7 Å². The maximum atomic E-state index is 10.0. The summed E-state index contributed by atoms with van der Waals surface area (Å²) in [5.41, 5.74) is 2.09. The zero-order chi connectivity index (χ0) is 16.8. The SMILES string of the molecule is COc1ccc(CCc2cc(O)c(OC)c(OC)c2)cc1OC. The van der Waals surface area contributed by atoms with Crippen molar-refractivity contribution >= 4 is 0 Å². The molecule has 0 bridgehead atoms. The van der Waals surface area contributed by atoms with E-state index in [9.17, 15) is 5.11 Å². The second kappa shape index (κ2) is 7.63. The Morgan fingerprint density at radius 1 is 0.696 bits per heavy atom. The van der Waals surface area contributed by atoms with Gasteiger partial charge in [0.25, 0.3) is 0 Å². The van der Waals surface area contributed by atoms with Crippen LogP contribution < -0.4 is 18.9 Å². The van der Waals surface area contributed by atoms with E-state index in [-0.39, 0.29) is 5.75 Å². The Hall–Kier alpha value is -2.56. The highest BCUT2D eigenvalue weighted by Gasteiger charge is 2.12. The smallest absolute Gasteiger partial charge is 0.203 e. The van der Waals surface area contributed by atoms with Crippen LogP contribution in [0.4, 0.5) is 0 Å². The van der Waals surface area contributed by atoms with Crippen LogP contribution in [-0.4, -0.2) is 33.5 Å². The van der Waals surface area contributed by atoms with Gasteiger partial charge in [0, 0.05) is 0 Å². The van der Waals surface area contributed by atoms with Gasteiger partial charge in [-0.1, -0.05) is 6.07 Å². The van der Waals surface area contributed by atoms with Crippen molar-refractivity contribution in [1.29, 1.82) is 0 Å². The summed E-state index contributed by atoms with van der Waals surface area (Å²) in [6, 6.07) is 9.42. The van der Waals surface area contributed by atoms with Gasteiger partial charge in [0.1, 0.15) is 0 Å². The third-order valence-electron chi connectivity index (χ3n) is 3.67. The first-order chi connectivity index (χ1) is 11.1. The van der Waals surface area contributed by atoms with E-state index in [1.165, 1.54) is 7.11 Å². The van der Waals surface area contributed by atoms with Crippen LogP contribution in [0.2, 0.25) is 0 Å². The maximum Gasteiger partial charge on any atom is 0.203 e. The predicted octanol–water partition coefficient (Wildman–Crippen LogP) is 3.21. The molecule has 0 fully saturated rings. The van der Waals surface area contributed by atoms with Gasteiger partial charge in [-0.25, -0.2) is 0 Å². The molecule has 124 valence electrons. The molecule has 0 radical (unpaired) electrons. The van der Waals surface area contributed by atoms with Crippen LogP contribution in [-0.2, 0) is 12.8 Å². The summed E-state index contributed by atoms with van der Waals surface area (Å²) < 4.78 is 20.9. The van der Waals surface area contributed by atoms with Gasteiger partial charge in [0.2, 0.25) is 5.75 Å². The van der Waals surface area contributed by atoms with Gasteiger partial charge in [-0.05, 0) is 48.2 Å². The highest BCUT2D eigenvalue weighted by Crippen LogP contribution is 2.37. The average molecular weight is 318 g/mol. The van der Waals surface area contributed by atoms with Crippen LogP contribution in [0.3, 0.4) is 0 Å². The molecule has 0 spiro atoms. The molecule has 5 heteroatoms. The summed E-state index contributed by atoms with van der Waals surface area (Å²) >= 11 is 0. The van der Waals surface area contributed by atoms with Gasteiger partial charge in [-0.15, -0.1) is 0 Å². The Morgan fingerprint density at radius 2 is 1.30 bits per heavy atom. The molecule has 2 rings (SSSR count). The van der Waals surface area contributed by atoms with Crippen LogP contribution in [0.15, 0.2) is 30.3 Å². The molecule has 0 unspecified atom stereocenters. The number of aromatic hydroxyl groups is 1. The van der Waals surface area contributed by atoms with E-state index in [1.54, 1.807) is 27.4 Å². The number of ether oxygens (including phenoxy) is 4. The molecule has 0 aromatic heterocycles. The topological polar surface area (TPSA) is 57.2 Å². The van der Waals surface area contributed by atoms with Crippen LogP contribution in [0, 0.1) is 0 Å². The minimum atomic E-state index is 0.0779. The van der Waals surface area contributed by atoms with E-state index >= 15 is 0 Å². The lowest BCUT2D eigenvalue weighted by molar-refractivity contribution is 0.332. The average Bonchev–Trinajstić information content (AvgIpc) is 2.58. The molecular formula is C18H22O5. The third-order valence-corrected chi connectivity index (χ3v) is 3.67. The normalized spacial score (nSPS) is 10.3. The summed E-state index contributed by atoms with van der Waals surface area (Å²) in [6.07, 6.45) is 1.55. The third kappa shape index (κ3) is 3.80. The minimum Gasteiger partial charge on any atom is -0.504 e. The van der Waals surface area contributed by atoms with Crippen molar-refractivity contribution in [3.8, 4) is 28.7 Å². The predicted molar refractivity (Wildman–Crippen MR) is 88.2 cm³/mol. The van der Waals surface area contributed by atoms with Gasteiger partial charge >= 0.3 is 0 Å². The van der Waals surface area contributed by atoms with E-state index in [0.717, 1.165) is 24.0 Å². The number of phenols is 1. The zero-order valence-corrected chi connectivity index (χ0v) is 13.9. The Morgan fingerprint density at radius 3 is 1.91 bits per heavy atom. The summed E-state index contributed by atoms with van der Waals surface area (Å²) in [6.45, 7) is 0. The lowest BCUT2D eigenvalue weighted by Gasteiger charge is -2.12. The number of phenolic OH excluding ortho intramolecular Hbond substituents is 1. The van der Waals surface area contributed by atoms with Crippen molar-refractivity contribution in [2.24, 2.45) is 0 Å². The molecule has 0 aliphatic rings. The van der Waals surface area contributed by atoms with E-state index in [1.807, 2.05) is 24.3 Å². The van der Waals surface area contributed by atoms with Crippen molar-refractivity contribution in [2.75, 3.05) is 28.4 Å². The lowest BCUT2D eigenvalue weighted by Crippen LogP contribution is -1.97. The van der Waals surface area contributed by atoms with Crippen molar-refractivity contribution in [3.63, 3.8) is 0 Å². The molecule has 2 aromatic carbocycles. The van der Waals surface area contributed by atoms with Crippen molar-refractivity contribution in [3.05, 3.63) is 41.5 Å². The first kappa shape index (κ1) is 16.8. The van der Waals surface area contributed by atoms with Gasteiger partial charge < -0.3 is 24.1 Å². The van der Waals surface area contributed by atoms with Gasteiger partial charge in [-0.2, -0.15) is 0 Å². The van der Waals surface area contributed by atoms with Crippen molar-refractivity contribution in [1.82, 2.24) is 0 Å². The van der Waals surface area contributed by atoms with E-state index in [2.05, 4.69) is 0 Å². The Balaban J connectivity index is 2.16. The standard InChI is InChI=1S/C18H22O5/c1-20-15-8-7-12(10-16(15)21-2)5-6-13-9-14(19)18(23-4)17(11-13)22-3/h7-11,19H,5-6H2,1-4H3. The lowest BCUT2D eigenvalue weighted by atomic mass is 10.0. The Kier molecular flexibility index (Phi) is 5.57. The molecular weight excluding hydrogens is 296 g/mol. The summed E-state index contributed by atoms with van der Waals surface area (Å²) in [4.78, 5) is 0. The van der Waals surface area contributed by atoms with Crippen LogP contribution >= 0.6 is 0 Å². The summed E-state index contributed by atoms with van der Waals surface area (Å²) in [5.74, 6) is 2.37. The number of hydrogen-bond acceptors (Lipinski definition) is 5. The summed E-state index contributed by atoms with van der Waals surface area (Å²) in [5, 5.41) is 10.0. The van der Waals surface area contributed by atoms with E-state index < -0.39 is 0 Å². The van der Waals surface area contributed by atoms with E-state index in [0.29, 0.717) is 23.0 Å². The fourth-order valence-electron chi connectivity index (χ4n) is 2.47. The van der Waals surface area contributed by atoms with E-state index in [4.69, 9.17) is 18.9 Å². The van der Waals surface area contributed by atoms with Crippen molar-refractivity contribution < 1.29 is 24.1 Å². The number of rotatable bonds is 7. The van der Waals surface area contributed by atoms with Gasteiger partial charge in [0.05, 0.1) is 28.4 Å². The second-order valence-corrected chi connectivity index (χ2v) is 5.04. The molecule has 5 nitrogen and oxygen atoms in total. The monoisotopic (exact) mass is 318 g/mol. The largest absolute Gasteiger partial charge is 0.504 e. The number of aryl methyl sites for hydroxylation is 2. The van der Waals surface area contributed by atoms with Crippen molar-refractivity contribution in [2.45, 2.75) is 12.8 Å². The number of methoxy groups -OCH3 is 4. The molecule has 2 aromatic rings. The molecule has 1 N–H and O–H groups in total. The maximum absolute atomic E-state index is 10.0. The molecule has 0 saturated heterocycles. The number of hydrogen-bond donors (Lipinski definition) is 1. The molecule has 0 saturated carbocycles. The number of benzene rings is 2. The fraction of sp³-hybridized carbons (Fsp3) is 0.333. The van der Waals surface area contributed by atoms with Gasteiger partial charge in [-0.3, -0.25) is 0 Å². The molecule has 0 aliphatic carbocycles. The highest BCUT2D eigenvalue weighted by molar-refractivity contribution is 5.53. The molecule has 23 heavy (non-hydrogen) atoms. The molecule has 0 atom stereocenters. The first-order valence-electron chi connectivity index (χ1n) is 7.27.